The highest BCUT2D eigenvalue weighted by atomic mass is 16.7. The molecule has 2 heterocycles. The summed E-state index contributed by atoms with van der Waals surface area (Å²) in [5.41, 5.74) is 1.16. The first-order valence-electron chi connectivity index (χ1n) is 6.29. The van der Waals surface area contributed by atoms with Crippen LogP contribution in [0.5, 0.6) is 11.5 Å². The molecule has 7 nitrogen and oxygen atoms in total. The number of nitrogens with zero attached hydrogens (tertiary/aromatic N) is 2. The summed E-state index contributed by atoms with van der Waals surface area (Å²) in [7, 11) is 1.30. The van der Waals surface area contributed by atoms with Crippen LogP contribution in [-0.2, 0) is 11.3 Å². The highest BCUT2D eigenvalue weighted by Crippen LogP contribution is 2.32. The van der Waals surface area contributed by atoms with E-state index in [9.17, 15) is 4.79 Å². The van der Waals surface area contributed by atoms with E-state index in [0.717, 1.165) is 17.1 Å². The van der Waals surface area contributed by atoms with Gasteiger partial charge in [-0.25, -0.2) is 9.78 Å². The van der Waals surface area contributed by atoms with Crippen molar-refractivity contribution in [3.05, 3.63) is 41.9 Å². The first-order valence-corrected chi connectivity index (χ1v) is 6.29. The molecule has 0 amide bonds. The Morgan fingerprint density at radius 3 is 3.05 bits per heavy atom. The summed E-state index contributed by atoms with van der Waals surface area (Å²) in [6.07, 6.45) is 2.90. The van der Waals surface area contributed by atoms with E-state index in [1.165, 1.54) is 13.3 Å². The second-order valence-corrected chi connectivity index (χ2v) is 4.32. The van der Waals surface area contributed by atoms with Gasteiger partial charge in [0.1, 0.15) is 5.82 Å². The maximum absolute atomic E-state index is 11.4. The molecule has 1 aliphatic heterocycles. The summed E-state index contributed by atoms with van der Waals surface area (Å²) in [6.45, 7) is 0.773. The normalized spacial score (nSPS) is 12.0. The van der Waals surface area contributed by atoms with Gasteiger partial charge in [0.2, 0.25) is 6.79 Å². The molecule has 7 heteroatoms. The maximum atomic E-state index is 11.4. The Kier molecular flexibility index (Phi) is 3.55. The molecular formula is C14H13N3O4. The minimum Gasteiger partial charge on any atom is -0.464 e. The maximum Gasteiger partial charge on any atom is 0.358 e. The zero-order chi connectivity index (χ0) is 14.7. The fourth-order valence-electron chi connectivity index (χ4n) is 1.90. The monoisotopic (exact) mass is 287 g/mol. The fraction of sp³-hybridized carbons (Fsp3) is 0.214. The van der Waals surface area contributed by atoms with Gasteiger partial charge >= 0.3 is 5.97 Å². The summed E-state index contributed by atoms with van der Waals surface area (Å²) in [6, 6.07) is 5.68. The number of methoxy groups -OCH3 is 1. The molecule has 1 aliphatic rings. The molecule has 0 saturated carbocycles. The first-order chi connectivity index (χ1) is 10.3. The van der Waals surface area contributed by atoms with Crippen LogP contribution in [0.3, 0.4) is 0 Å². The van der Waals surface area contributed by atoms with E-state index in [-0.39, 0.29) is 12.5 Å². The SMILES string of the molecule is COC(=O)c1cncc(NCc2ccc3c(c2)OCO3)n1. The zero-order valence-corrected chi connectivity index (χ0v) is 11.3. The van der Waals surface area contributed by atoms with Crippen molar-refractivity contribution in [2.75, 3.05) is 19.2 Å². The van der Waals surface area contributed by atoms with Crippen molar-refractivity contribution in [1.29, 1.82) is 0 Å². The van der Waals surface area contributed by atoms with Crippen LogP contribution in [0.1, 0.15) is 16.1 Å². The number of nitrogens with one attached hydrogen (secondary N) is 1. The van der Waals surface area contributed by atoms with E-state index in [1.807, 2.05) is 18.2 Å². The second kappa shape index (κ2) is 5.66. The molecule has 0 fully saturated rings. The average Bonchev–Trinajstić information content (AvgIpc) is 3.00. The Bertz CT molecular complexity index is 675. The van der Waals surface area contributed by atoms with Crippen LogP contribution in [0.15, 0.2) is 30.6 Å². The van der Waals surface area contributed by atoms with Gasteiger partial charge in [0.25, 0.3) is 0 Å². The van der Waals surface area contributed by atoms with Crippen molar-refractivity contribution in [2.24, 2.45) is 0 Å². The van der Waals surface area contributed by atoms with Crippen molar-refractivity contribution in [1.82, 2.24) is 9.97 Å². The van der Waals surface area contributed by atoms with Gasteiger partial charge < -0.3 is 19.5 Å². The van der Waals surface area contributed by atoms with E-state index in [1.54, 1.807) is 6.20 Å². The number of rotatable bonds is 4. The Morgan fingerprint density at radius 2 is 2.19 bits per heavy atom. The van der Waals surface area contributed by atoms with Crippen molar-refractivity contribution >= 4 is 11.8 Å². The number of anilines is 1. The molecule has 21 heavy (non-hydrogen) atoms. The summed E-state index contributed by atoms with van der Waals surface area (Å²) < 4.78 is 15.2. The standard InChI is InChI=1S/C14H13N3O4/c1-19-14(18)10-6-15-7-13(17-10)16-5-9-2-3-11-12(4-9)21-8-20-11/h2-4,6-7H,5,8H2,1H3,(H,16,17). The molecule has 3 rings (SSSR count). The van der Waals surface area contributed by atoms with E-state index in [0.29, 0.717) is 12.4 Å². The highest BCUT2D eigenvalue weighted by molar-refractivity contribution is 5.87. The highest BCUT2D eigenvalue weighted by Gasteiger charge is 2.13. The van der Waals surface area contributed by atoms with Crippen LogP contribution in [0.2, 0.25) is 0 Å². The molecule has 0 unspecified atom stereocenters. The number of carbonyl (C=O) groups excluding carboxylic acids is 1. The molecule has 0 saturated heterocycles. The lowest BCUT2D eigenvalue weighted by atomic mass is 10.2. The number of carbonyl (C=O) groups is 1. The molecule has 0 atom stereocenters. The van der Waals surface area contributed by atoms with E-state index in [4.69, 9.17) is 9.47 Å². The third-order valence-corrected chi connectivity index (χ3v) is 2.94. The second-order valence-electron chi connectivity index (χ2n) is 4.32. The Balaban J connectivity index is 1.69. The number of hydrogen-bond donors (Lipinski definition) is 1. The average molecular weight is 287 g/mol. The molecule has 1 aromatic carbocycles. The van der Waals surface area contributed by atoms with Gasteiger partial charge in [0, 0.05) is 6.54 Å². The number of benzene rings is 1. The third-order valence-electron chi connectivity index (χ3n) is 2.94. The fourth-order valence-corrected chi connectivity index (χ4v) is 1.90. The van der Waals surface area contributed by atoms with Crippen LogP contribution < -0.4 is 14.8 Å². The molecule has 0 spiro atoms. The van der Waals surface area contributed by atoms with Crippen LogP contribution in [0.25, 0.3) is 0 Å². The van der Waals surface area contributed by atoms with E-state index >= 15 is 0 Å². The van der Waals surface area contributed by atoms with Gasteiger partial charge in [-0.1, -0.05) is 6.07 Å². The van der Waals surface area contributed by atoms with Gasteiger partial charge in [-0.3, -0.25) is 4.98 Å². The minimum absolute atomic E-state index is 0.160. The summed E-state index contributed by atoms with van der Waals surface area (Å²) in [4.78, 5) is 19.5. The topological polar surface area (TPSA) is 82.6 Å². The molecule has 0 aliphatic carbocycles. The molecule has 1 aromatic heterocycles. The van der Waals surface area contributed by atoms with Gasteiger partial charge in [0.05, 0.1) is 19.5 Å². The van der Waals surface area contributed by atoms with Gasteiger partial charge in [-0.15, -0.1) is 0 Å². The van der Waals surface area contributed by atoms with Crippen LogP contribution in [-0.4, -0.2) is 29.8 Å². The summed E-state index contributed by atoms with van der Waals surface area (Å²) in [5, 5.41) is 3.09. The number of ether oxygens (including phenoxy) is 3. The zero-order valence-electron chi connectivity index (χ0n) is 11.3. The summed E-state index contributed by atoms with van der Waals surface area (Å²) in [5.74, 6) is 1.44. The van der Waals surface area contributed by atoms with Crippen molar-refractivity contribution in [3.8, 4) is 11.5 Å². The lowest BCUT2D eigenvalue weighted by Gasteiger charge is -2.07. The van der Waals surface area contributed by atoms with Crippen molar-refractivity contribution in [2.45, 2.75) is 6.54 Å². The largest absolute Gasteiger partial charge is 0.464 e. The Hall–Kier alpha value is -2.83. The van der Waals surface area contributed by atoms with Gasteiger partial charge in [-0.2, -0.15) is 0 Å². The predicted molar refractivity (Wildman–Crippen MR) is 73.3 cm³/mol. The molecule has 0 radical (unpaired) electrons. The number of fused-ring (bicyclic) bond motifs is 1. The lowest BCUT2D eigenvalue weighted by Crippen LogP contribution is -2.08. The number of aromatic nitrogens is 2. The Labute approximate surface area is 120 Å². The van der Waals surface area contributed by atoms with E-state index in [2.05, 4.69) is 20.0 Å². The van der Waals surface area contributed by atoms with Crippen molar-refractivity contribution < 1.29 is 19.0 Å². The lowest BCUT2D eigenvalue weighted by molar-refractivity contribution is 0.0593. The predicted octanol–water partition coefficient (Wildman–Crippen LogP) is 1.60. The van der Waals surface area contributed by atoms with E-state index < -0.39 is 5.97 Å². The Morgan fingerprint density at radius 1 is 1.33 bits per heavy atom. The third kappa shape index (κ3) is 2.86. The molecular weight excluding hydrogens is 274 g/mol. The summed E-state index contributed by atoms with van der Waals surface area (Å²) >= 11 is 0. The smallest absolute Gasteiger partial charge is 0.358 e. The quantitative estimate of drug-likeness (QED) is 0.855. The van der Waals surface area contributed by atoms with Crippen LogP contribution in [0.4, 0.5) is 5.82 Å². The van der Waals surface area contributed by atoms with Crippen molar-refractivity contribution in [3.63, 3.8) is 0 Å². The number of esters is 1. The minimum atomic E-state index is -0.519. The molecule has 2 aromatic rings. The van der Waals surface area contributed by atoms with Gasteiger partial charge in [0.15, 0.2) is 17.2 Å². The number of hydrogen-bond acceptors (Lipinski definition) is 7. The van der Waals surface area contributed by atoms with Crippen LogP contribution >= 0.6 is 0 Å². The van der Waals surface area contributed by atoms with Crippen LogP contribution in [0, 0.1) is 0 Å². The van der Waals surface area contributed by atoms with Gasteiger partial charge in [-0.05, 0) is 17.7 Å². The molecule has 1 N–H and O–H groups in total. The molecule has 108 valence electrons. The first kappa shape index (κ1) is 13.2. The molecule has 0 bridgehead atoms.